The third-order valence-electron chi connectivity index (χ3n) is 2.52. The van der Waals surface area contributed by atoms with E-state index < -0.39 is 0 Å². The summed E-state index contributed by atoms with van der Waals surface area (Å²) in [4.78, 5) is 8.38. The summed E-state index contributed by atoms with van der Waals surface area (Å²) in [5.74, 6) is 1.64. The Balaban J connectivity index is 1.91. The number of nitrogen functional groups attached to an aromatic ring is 1. The number of benzene rings is 1. The molecule has 7 heteroatoms. The minimum Gasteiger partial charge on any atom is -0.497 e. The van der Waals surface area contributed by atoms with Gasteiger partial charge < -0.3 is 15.0 Å². The first-order valence-electron chi connectivity index (χ1n) is 5.46. The van der Waals surface area contributed by atoms with E-state index in [1.54, 1.807) is 12.5 Å². The van der Waals surface area contributed by atoms with Gasteiger partial charge in [-0.05, 0) is 24.3 Å². The molecule has 0 radical (unpaired) electrons. The van der Waals surface area contributed by atoms with Crippen LogP contribution >= 0.6 is 11.3 Å². The molecule has 0 atom stereocenters. The van der Waals surface area contributed by atoms with Crippen LogP contribution in [0.1, 0.15) is 0 Å². The Bertz CT molecular complexity index is 690. The molecule has 0 bridgehead atoms. The number of aromatic nitrogens is 3. The van der Waals surface area contributed by atoms with Crippen LogP contribution in [0.25, 0.3) is 23.0 Å². The third kappa shape index (κ3) is 2.27. The number of hydrogen-bond acceptors (Lipinski definition) is 7. The first-order chi connectivity index (χ1) is 9.26. The van der Waals surface area contributed by atoms with Crippen molar-refractivity contribution < 1.29 is 9.26 Å². The van der Waals surface area contributed by atoms with E-state index in [1.165, 1.54) is 11.3 Å². The molecule has 0 amide bonds. The molecular formula is C12H10N4O2S. The van der Waals surface area contributed by atoms with Gasteiger partial charge in [-0.2, -0.15) is 4.98 Å². The van der Waals surface area contributed by atoms with Crippen LogP contribution in [-0.4, -0.2) is 22.2 Å². The number of nitrogens with two attached hydrogens (primary N) is 1. The SMILES string of the molecule is COc1ccc(-c2noc(-c3csc(N)n3)n2)cc1. The van der Waals surface area contributed by atoms with Crippen molar-refractivity contribution in [2.75, 3.05) is 12.8 Å². The smallest absolute Gasteiger partial charge is 0.277 e. The zero-order chi connectivity index (χ0) is 13.2. The van der Waals surface area contributed by atoms with Crippen molar-refractivity contribution >= 4 is 16.5 Å². The molecule has 0 saturated heterocycles. The summed E-state index contributed by atoms with van der Waals surface area (Å²) in [6.07, 6.45) is 0. The van der Waals surface area contributed by atoms with Crippen LogP contribution in [0.2, 0.25) is 0 Å². The lowest BCUT2D eigenvalue weighted by atomic mass is 10.2. The standard InChI is InChI=1S/C12H10N4O2S/c1-17-8-4-2-7(3-5-8)10-15-11(18-16-10)9-6-19-12(13)14-9/h2-6H,1H3,(H2,13,14). The molecule has 0 unspecified atom stereocenters. The molecule has 19 heavy (non-hydrogen) atoms. The largest absolute Gasteiger partial charge is 0.497 e. The lowest BCUT2D eigenvalue weighted by molar-refractivity contribution is 0.414. The van der Waals surface area contributed by atoms with E-state index in [-0.39, 0.29) is 0 Å². The fraction of sp³-hybridized carbons (Fsp3) is 0.0833. The minimum absolute atomic E-state index is 0.360. The molecule has 3 aromatic rings. The predicted octanol–water partition coefficient (Wildman–Crippen LogP) is 2.45. The zero-order valence-corrected chi connectivity index (χ0v) is 10.8. The van der Waals surface area contributed by atoms with Gasteiger partial charge in [0.2, 0.25) is 5.82 Å². The topological polar surface area (TPSA) is 87.1 Å². The van der Waals surface area contributed by atoms with Crippen LogP contribution in [0.4, 0.5) is 5.13 Å². The van der Waals surface area contributed by atoms with Crippen LogP contribution in [0.5, 0.6) is 5.75 Å². The Morgan fingerprint density at radius 3 is 2.63 bits per heavy atom. The van der Waals surface area contributed by atoms with Crippen molar-refractivity contribution in [1.82, 2.24) is 15.1 Å². The maximum absolute atomic E-state index is 5.57. The minimum atomic E-state index is 0.360. The summed E-state index contributed by atoms with van der Waals surface area (Å²) in [7, 11) is 1.62. The van der Waals surface area contributed by atoms with Gasteiger partial charge in [-0.25, -0.2) is 4.98 Å². The summed E-state index contributed by atoms with van der Waals surface area (Å²) in [5, 5.41) is 6.17. The number of hydrogen-bond donors (Lipinski definition) is 1. The van der Waals surface area contributed by atoms with Crippen LogP contribution in [0, 0.1) is 0 Å². The van der Waals surface area contributed by atoms with E-state index >= 15 is 0 Å². The van der Waals surface area contributed by atoms with Gasteiger partial charge in [-0.15, -0.1) is 11.3 Å². The van der Waals surface area contributed by atoms with Gasteiger partial charge in [0.05, 0.1) is 7.11 Å². The molecule has 96 valence electrons. The number of thiazole rings is 1. The molecule has 1 aromatic carbocycles. The van der Waals surface area contributed by atoms with Crippen LogP contribution < -0.4 is 10.5 Å². The Hall–Kier alpha value is -2.41. The summed E-state index contributed by atoms with van der Waals surface area (Å²) in [5.41, 5.74) is 7.01. The van der Waals surface area contributed by atoms with Gasteiger partial charge >= 0.3 is 0 Å². The molecule has 0 spiro atoms. The second-order valence-electron chi connectivity index (χ2n) is 3.72. The third-order valence-corrected chi connectivity index (χ3v) is 3.19. The van der Waals surface area contributed by atoms with Crippen LogP contribution in [0.3, 0.4) is 0 Å². The molecule has 2 aromatic heterocycles. The van der Waals surface area contributed by atoms with E-state index in [0.717, 1.165) is 11.3 Å². The maximum atomic E-state index is 5.57. The fourth-order valence-corrected chi connectivity index (χ4v) is 2.11. The Morgan fingerprint density at radius 1 is 1.21 bits per heavy atom. The Labute approximate surface area is 112 Å². The van der Waals surface area contributed by atoms with Gasteiger partial charge in [-0.1, -0.05) is 5.16 Å². The summed E-state index contributed by atoms with van der Waals surface area (Å²) >= 11 is 1.33. The monoisotopic (exact) mass is 274 g/mol. The molecular weight excluding hydrogens is 264 g/mol. The van der Waals surface area contributed by atoms with E-state index in [1.807, 2.05) is 24.3 Å². The first kappa shape index (κ1) is 11.7. The van der Waals surface area contributed by atoms with Crippen molar-refractivity contribution in [3.8, 4) is 28.7 Å². The second kappa shape index (κ2) is 4.69. The summed E-state index contributed by atoms with van der Waals surface area (Å²) in [6.45, 7) is 0. The molecule has 0 aliphatic rings. The predicted molar refractivity (Wildman–Crippen MR) is 71.8 cm³/mol. The highest BCUT2D eigenvalue weighted by atomic mass is 32.1. The van der Waals surface area contributed by atoms with Crippen molar-refractivity contribution in [3.63, 3.8) is 0 Å². The number of rotatable bonds is 3. The first-order valence-corrected chi connectivity index (χ1v) is 6.34. The fourth-order valence-electron chi connectivity index (χ4n) is 1.57. The van der Waals surface area contributed by atoms with Crippen molar-refractivity contribution in [3.05, 3.63) is 29.6 Å². The van der Waals surface area contributed by atoms with E-state index in [0.29, 0.717) is 22.5 Å². The quantitative estimate of drug-likeness (QED) is 0.789. The van der Waals surface area contributed by atoms with E-state index in [9.17, 15) is 0 Å². The van der Waals surface area contributed by atoms with Crippen molar-refractivity contribution in [2.24, 2.45) is 0 Å². The maximum Gasteiger partial charge on any atom is 0.277 e. The molecule has 0 aliphatic heterocycles. The van der Waals surface area contributed by atoms with E-state index in [2.05, 4.69) is 15.1 Å². The number of ether oxygens (including phenoxy) is 1. The van der Waals surface area contributed by atoms with Gasteiger partial charge in [0.25, 0.3) is 5.89 Å². The number of nitrogens with zero attached hydrogens (tertiary/aromatic N) is 3. The molecule has 2 heterocycles. The van der Waals surface area contributed by atoms with Gasteiger partial charge in [0, 0.05) is 10.9 Å². The highest BCUT2D eigenvalue weighted by Gasteiger charge is 2.13. The summed E-state index contributed by atoms with van der Waals surface area (Å²) < 4.78 is 10.3. The van der Waals surface area contributed by atoms with Gasteiger partial charge in [0.1, 0.15) is 11.4 Å². The van der Waals surface area contributed by atoms with Crippen molar-refractivity contribution in [2.45, 2.75) is 0 Å². The molecule has 0 fully saturated rings. The lowest BCUT2D eigenvalue weighted by Gasteiger charge is -1.98. The molecule has 0 aliphatic carbocycles. The van der Waals surface area contributed by atoms with Crippen LogP contribution in [-0.2, 0) is 0 Å². The van der Waals surface area contributed by atoms with Crippen molar-refractivity contribution in [1.29, 1.82) is 0 Å². The van der Waals surface area contributed by atoms with Crippen LogP contribution in [0.15, 0.2) is 34.2 Å². The second-order valence-corrected chi connectivity index (χ2v) is 4.61. The van der Waals surface area contributed by atoms with E-state index in [4.69, 9.17) is 15.0 Å². The number of methoxy groups -OCH3 is 1. The summed E-state index contributed by atoms with van der Waals surface area (Å²) in [6, 6.07) is 7.41. The molecule has 3 rings (SSSR count). The van der Waals surface area contributed by atoms with Gasteiger partial charge in [0.15, 0.2) is 5.13 Å². The average Bonchev–Trinajstić information content (AvgIpc) is 3.07. The number of anilines is 1. The lowest BCUT2D eigenvalue weighted by Crippen LogP contribution is -1.85. The molecule has 2 N–H and O–H groups in total. The normalized spacial score (nSPS) is 10.6. The zero-order valence-electron chi connectivity index (χ0n) is 10.0. The van der Waals surface area contributed by atoms with Gasteiger partial charge in [-0.3, -0.25) is 0 Å². The highest BCUT2D eigenvalue weighted by molar-refractivity contribution is 7.13. The average molecular weight is 274 g/mol. The molecule has 6 nitrogen and oxygen atoms in total. The Kier molecular flexibility index (Phi) is 2.88. The molecule has 0 saturated carbocycles. The highest BCUT2D eigenvalue weighted by Crippen LogP contribution is 2.25. The Morgan fingerprint density at radius 2 is 2.00 bits per heavy atom.